The number of carbonyl (C=O) groups excluding carboxylic acids is 3. The number of rotatable bonds is 2. The third-order valence-electron chi connectivity index (χ3n) is 6.38. The summed E-state index contributed by atoms with van der Waals surface area (Å²) in [7, 11) is 0. The number of hydrogen-bond donors (Lipinski definition) is 0. The Morgan fingerprint density at radius 3 is 2.64 bits per heavy atom. The molecule has 7 nitrogen and oxygen atoms in total. The zero-order valence-electron chi connectivity index (χ0n) is 16.7. The van der Waals surface area contributed by atoms with Crippen molar-refractivity contribution in [1.29, 1.82) is 0 Å². The van der Waals surface area contributed by atoms with Crippen LogP contribution in [0.4, 0.5) is 0 Å². The van der Waals surface area contributed by atoms with E-state index in [1.807, 2.05) is 30.2 Å². The first-order valence-electron chi connectivity index (χ1n) is 10.2. The first-order valence-corrected chi connectivity index (χ1v) is 10.2. The minimum absolute atomic E-state index is 0.0175. The summed E-state index contributed by atoms with van der Waals surface area (Å²) in [6.07, 6.45) is 11.3. The molecule has 0 bridgehead atoms. The summed E-state index contributed by atoms with van der Waals surface area (Å²) in [4.78, 5) is 47.9. The zero-order valence-corrected chi connectivity index (χ0v) is 16.7. The minimum Gasteiger partial charge on any atom is -0.336 e. The molecule has 3 heterocycles. The van der Waals surface area contributed by atoms with Gasteiger partial charge in [-0.2, -0.15) is 4.99 Å². The molecule has 28 heavy (non-hydrogen) atoms. The summed E-state index contributed by atoms with van der Waals surface area (Å²) in [5.41, 5.74) is -0.0643. The maximum Gasteiger partial charge on any atom is 0.250 e. The molecule has 1 aliphatic carbocycles. The Bertz CT molecular complexity index is 793. The maximum atomic E-state index is 13.4. The first kappa shape index (κ1) is 18.9. The molecule has 7 heteroatoms. The predicted octanol–water partition coefficient (Wildman–Crippen LogP) is 1.85. The van der Waals surface area contributed by atoms with Crippen LogP contribution in [0.2, 0.25) is 0 Å². The Balaban J connectivity index is 1.50. The summed E-state index contributed by atoms with van der Waals surface area (Å²) in [5.74, 6) is 0.0476. The second-order valence-electron chi connectivity index (χ2n) is 8.49. The summed E-state index contributed by atoms with van der Waals surface area (Å²) in [5, 5.41) is 0. The number of piperazine rings is 1. The number of nitrogens with zero attached hydrogens (tertiary/aromatic N) is 4. The Morgan fingerprint density at radius 1 is 1.18 bits per heavy atom. The Morgan fingerprint density at radius 2 is 1.93 bits per heavy atom. The van der Waals surface area contributed by atoms with Crippen LogP contribution in [0.1, 0.15) is 52.4 Å². The molecule has 1 saturated carbocycles. The highest BCUT2D eigenvalue weighted by Gasteiger charge is 2.48. The highest BCUT2D eigenvalue weighted by Crippen LogP contribution is 2.32. The van der Waals surface area contributed by atoms with Crippen LogP contribution < -0.4 is 0 Å². The van der Waals surface area contributed by atoms with E-state index in [0.717, 1.165) is 18.4 Å². The smallest absolute Gasteiger partial charge is 0.250 e. The molecule has 3 aliphatic heterocycles. The molecule has 0 aromatic carbocycles. The molecule has 2 fully saturated rings. The van der Waals surface area contributed by atoms with E-state index in [4.69, 9.17) is 0 Å². The lowest BCUT2D eigenvalue weighted by molar-refractivity contribution is -0.153. The number of allylic oxidation sites excluding steroid dienone is 2. The van der Waals surface area contributed by atoms with Gasteiger partial charge in [-0.15, -0.1) is 0 Å². The molecule has 150 valence electrons. The lowest BCUT2D eigenvalue weighted by Crippen LogP contribution is -2.64. The van der Waals surface area contributed by atoms with Crippen LogP contribution >= 0.6 is 0 Å². The van der Waals surface area contributed by atoms with Crippen molar-refractivity contribution in [2.75, 3.05) is 19.6 Å². The molecular formula is C21H28N4O3. The fourth-order valence-corrected chi connectivity index (χ4v) is 4.80. The minimum atomic E-state index is -1.05. The molecular weight excluding hydrogens is 356 g/mol. The fraction of sp³-hybridized carbons (Fsp3) is 0.619. The van der Waals surface area contributed by atoms with E-state index >= 15 is 0 Å². The van der Waals surface area contributed by atoms with Gasteiger partial charge in [0, 0.05) is 25.3 Å². The van der Waals surface area contributed by atoms with Gasteiger partial charge < -0.3 is 14.7 Å². The number of aliphatic imine (C=N–C) groups is 1. The maximum absolute atomic E-state index is 13.4. The van der Waals surface area contributed by atoms with Crippen LogP contribution in [0.15, 0.2) is 28.9 Å². The van der Waals surface area contributed by atoms with E-state index in [1.165, 1.54) is 19.3 Å². The topological polar surface area (TPSA) is 73.3 Å². The van der Waals surface area contributed by atoms with E-state index in [2.05, 4.69) is 4.99 Å². The monoisotopic (exact) mass is 384 g/mol. The van der Waals surface area contributed by atoms with Crippen LogP contribution in [0.25, 0.3) is 0 Å². The average molecular weight is 384 g/mol. The number of hydrogen-bond acceptors (Lipinski definition) is 4. The van der Waals surface area contributed by atoms with Crippen LogP contribution in [-0.4, -0.2) is 69.5 Å². The molecule has 0 aromatic heterocycles. The Hall–Kier alpha value is -2.44. The van der Waals surface area contributed by atoms with E-state index in [-0.39, 0.29) is 30.7 Å². The van der Waals surface area contributed by atoms with E-state index in [9.17, 15) is 14.4 Å². The molecule has 1 atom stereocenters. The van der Waals surface area contributed by atoms with Crippen molar-refractivity contribution >= 4 is 23.6 Å². The summed E-state index contributed by atoms with van der Waals surface area (Å²) < 4.78 is 0. The average Bonchev–Trinajstić information content (AvgIpc) is 2.67. The molecule has 4 rings (SSSR count). The van der Waals surface area contributed by atoms with Crippen molar-refractivity contribution in [2.24, 2.45) is 4.99 Å². The van der Waals surface area contributed by atoms with Crippen molar-refractivity contribution < 1.29 is 14.4 Å². The van der Waals surface area contributed by atoms with Crippen molar-refractivity contribution in [3.8, 4) is 0 Å². The molecule has 1 saturated heterocycles. The highest BCUT2D eigenvalue weighted by atomic mass is 16.2. The summed E-state index contributed by atoms with van der Waals surface area (Å²) in [6.45, 7) is 4.90. The third-order valence-corrected chi connectivity index (χ3v) is 6.38. The van der Waals surface area contributed by atoms with Gasteiger partial charge in [0.05, 0.1) is 13.0 Å². The predicted molar refractivity (Wildman–Crippen MR) is 105 cm³/mol. The number of carbonyl (C=O) groups is 3. The van der Waals surface area contributed by atoms with Crippen LogP contribution in [0, 0.1) is 0 Å². The zero-order chi connectivity index (χ0) is 19.9. The third kappa shape index (κ3) is 3.27. The van der Waals surface area contributed by atoms with Crippen molar-refractivity contribution in [3.05, 3.63) is 23.9 Å². The standard InChI is InChI=1S/C21H28N4O3/c1-15-8-9-25-17(12-15)22-18(26)13-21(25,2)20(28)23-10-11-24(19(27)14-23)16-6-4-3-5-7-16/h8-9,12,16H,3-7,10-11,13-14H2,1-2H3/t21-/m0/s1. The van der Waals surface area contributed by atoms with E-state index in [1.54, 1.807) is 16.7 Å². The van der Waals surface area contributed by atoms with Gasteiger partial charge in [0.15, 0.2) is 0 Å². The molecule has 0 radical (unpaired) electrons. The Labute approximate surface area is 165 Å². The van der Waals surface area contributed by atoms with Gasteiger partial charge >= 0.3 is 0 Å². The molecule has 0 spiro atoms. The number of fused-ring (bicyclic) bond motifs is 1. The molecule has 0 unspecified atom stereocenters. The van der Waals surface area contributed by atoms with Gasteiger partial charge in [-0.1, -0.05) is 19.3 Å². The van der Waals surface area contributed by atoms with Gasteiger partial charge in [-0.25, -0.2) is 0 Å². The fourth-order valence-electron chi connectivity index (χ4n) is 4.80. The summed E-state index contributed by atoms with van der Waals surface area (Å²) in [6, 6.07) is 0.322. The Kier molecular flexibility index (Phi) is 4.85. The van der Waals surface area contributed by atoms with Gasteiger partial charge in [-0.3, -0.25) is 14.4 Å². The van der Waals surface area contributed by atoms with Crippen LogP contribution in [0.3, 0.4) is 0 Å². The lowest BCUT2D eigenvalue weighted by Gasteiger charge is -2.47. The largest absolute Gasteiger partial charge is 0.336 e. The van der Waals surface area contributed by atoms with E-state index in [0.29, 0.717) is 25.0 Å². The molecule has 3 amide bonds. The van der Waals surface area contributed by atoms with E-state index < -0.39 is 5.54 Å². The number of amidine groups is 1. The normalized spacial score (nSPS) is 28.9. The number of amides is 3. The first-order chi connectivity index (χ1) is 13.4. The summed E-state index contributed by atoms with van der Waals surface area (Å²) >= 11 is 0. The molecule has 4 aliphatic rings. The second kappa shape index (κ2) is 7.18. The highest BCUT2D eigenvalue weighted by molar-refractivity contribution is 6.10. The lowest BCUT2D eigenvalue weighted by atomic mass is 9.89. The van der Waals surface area contributed by atoms with Gasteiger partial charge in [0.2, 0.25) is 11.8 Å². The second-order valence-corrected chi connectivity index (χ2v) is 8.49. The van der Waals surface area contributed by atoms with Crippen molar-refractivity contribution in [3.63, 3.8) is 0 Å². The SMILES string of the molecule is CC1=CC2=NC(=O)C[C@@](C)(C(=O)N3CCN(C4CCCCC4)C(=O)C3)N2C=C1. The van der Waals surface area contributed by atoms with Crippen LogP contribution in [-0.2, 0) is 14.4 Å². The van der Waals surface area contributed by atoms with Crippen LogP contribution in [0.5, 0.6) is 0 Å². The van der Waals surface area contributed by atoms with Gasteiger partial charge in [0.25, 0.3) is 5.91 Å². The van der Waals surface area contributed by atoms with Gasteiger partial charge in [0.1, 0.15) is 11.4 Å². The van der Waals surface area contributed by atoms with Crippen molar-refractivity contribution in [1.82, 2.24) is 14.7 Å². The van der Waals surface area contributed by atoms with Crippen molar-refractivity contribution in [2.45, 2.75) is 64.0 Å². The van der Waals surface area contributed by atoms with Gasteiger partial charge in [-0.05, 0) is 44.4 Å². The quantitative estimate of drug-likeness (QED) is 0.728. The molecule has 0 N–H and O–H groups in total. The molecule has 0 aromatic rings.